The molecule has 1 fully saturated rings. The summed E-state index contributed by atoms with van der Waals surface area (Å²) in [6.45, 7) is 6.62. The van der Waals surface area contributed by atoms with E-state index < -0.39 is 28.6 Å². The summed E-state index contributed by atoms with van der Waals surface area (Å²) in [5.74, 6) is -2.78. The number of aromatic carboxylic acids is 1. The van der Waals surface area contributed by atoms with E-state index in [0.717, 1.165) is 25.4 Å². The van der Waals surface area contributed by atoms with Gasteiger partial charge >= 0.3 is 5.97 Å². The summed E-state index contributed by atoms with van der Waals surface area (Å²) in [7, 11) is 0. The number of hydrogen-bond acceptors (Lipinski definition) is 4. The van der Waals surface area contributed by atoms with Crippen LogP contribution in [0.5, 0.6) is 0 Å². The molecule has 0 atom stereocenters. The van der Waals surface area contributed by atoms with Gasteiger partial charge in [0.05, 0.1) is 10.9 Å². The van der Waals surface area contributed by atoms with Crippen molar-refractivity contribution in [1.82, 2.24) is 9.88 Å². The molecule has 0 bridgehead atoms. The van der Waals surface area contributed by atoms with Gasteiger partial charge in [0, 0.05) is 38.3 Å². The van der Waals surface area contributed by atoms with Crippen molar-refractivity contribution in [2.24, 2.45) is 5.92 Å². The molecule has 1 aliphatic heterocycles. The Kier molecular flexibility index (Phi) is 4.95. The summed E-state index contributed by atoms with van der Waals surface area (Å²) in [5.41, 5.74) is -1.60. The number of nitrogens with one attached hydrogen (secondary N) is 1. The molecule has 2 N–H and O–H groups in total. The second-order valence-electron chi connectivity index (χ2n) is 6.46. The summed E-state index contributed by atoms with van der Waals surface area (Å²) in [4.78, 5) is 25.2. The highest BCUT2D eigenvalue weighted by Crippen LogP contribution is 2.34. The van der Waals surface area contributed by atoms with Gasteiger partial charge < -0.3 is 19.9 Å². The maximum Gasteiger partial charge on any atom is 0.341 e. The fourth-order valence-corrected chi connectivity index (χ4v) is 3.40. The zero-order valence-corrected chi connectivity index (χ0v) is 14.7. The Labute approximate surface area is 149 Å². The Balaban J connectivity index is 2.10. The van der Waals surface area contributed by atoms with E-state index in [4.69, 9.17) is 5.11 Å². The maximum atomic E-state index is 15.1. The molecule has 6 nitrogen and oxygen atoms in total. The number of fused-ring (bicyclic) bond motifs is 1. The zero-order chi connectivity index (χ0) is 19.0. The van der Waals surface area contributed by atoms with Gasteiger partial charge in [0.15, 0.2) is 5.82 Å². The van der Waals surface area contributed by atoms with Gasteiger partial charge in [-0.05, 0) is 19.5 Å². The van der Waals surface area contributed by atoms with Crippen LogP contribution in [0.1, 0.15) is 24.2 Å². The third-order valence-corrected chi connectivity index (χ3v) is 4.76. The van der Waals surface area contributed by atoms with Gasteiger partial charge in [-0.25, -0.2) is 13.6 Å². The molecule has 0 saturated carbocycles. The molecule has 0 unspecified atom stereocenters. The van der Waals surface area contributed by atoms with Crippen molar-refractivity contribution in [3.05, 3.63) is 39.7 Å². The van der Waals surface area contributed by atoms with Crippen LogP contribution in [-0.4, -0.2) is 41.8 Å². The van der Waals surface area contributed by atoms with Gasteiger partial charge in [0.1, 0.15) is 17.1 Å². The minimum Gasteiger partial charge on any atom is -0.477 e. The van der Waals surface area contributed by atoms with Crippen LogP contribution in [0.3, 0.4) is 0 Å². The van der Waals surface area contributed by atoms with Crippen LogP contribution in [0.15, 0.2) is 17.1 Å². The molecule has 1 aromatic carbocycles. The van der Waals surface area contributed by atoms with Crippen LogP contribution < -0.4 is 15.6 Å². The zero-order valence-electron chi connectivity index (χ0n) is 14.7. The Morgan fingerprint density at radius 2 is 2.04 bits per heavy atom. The molecule has 0 radical (unpaired) electrons. The molecule has 8 heteroatoms. The smallest absolute Gasteiger partial charge is 0.341 e. The van der Waals surface area contributed by atoms with E-state index in [0.29, 0.717) is 19.0 Å². The largest absolute Gasteiger partial charge is 0.477 e. The lowest BCUT2D eigenvalue weighted by Gasteiger charge is -2.41. The molecule has 0 amide bonds. The molecular formula is C18H21F2N3O3. The van der Waals surface area contributed by atoms with E-state index in [2.05, 4.69) is 5.32 Å². The Morgan fingerprint density at radius 3 is 2.62 bits per heavy atom. The number of hydrogen-bond donors (Lipinski definition) is 2. The highest BCUT2D eigenvalue weighted by atomic mass is 19.1. The van der Waals surface area contributed by atoms with Crippen molar-refractivity contribution in [3.8, 4) is 0 Å². The van der Waals surface area contributed by atoms with E-state index in [1.165, 1.54) is 4.57 Å². The monoisotopic (exact) mass is 365 g/mol. The summed E-state index contributed by atoms with van der Waals surface area (Å²) < 4.78 is 31.1. The molecule has 1 aliphatic rings. The molecule has 3 rings (SSSR count). The number of aryl methyl sites for hydroxylation is 1. The molecule has 26 heavy (non-hydrogen) atoms. The minimum absolute atomic E-state index is 0.0611. The van der Waals surface area contributed by atoms with Gasteiger partial charge in [-0.3, -0.25) is 4.79 Å². The van der Waals surface area contributed by atoms with Crippen LogP contribution in [0, 0.1) is 17.6 Å². The van der Waals surface area contributed by atoms with E-state index in [9.17, 15) is 14.0 Å². The number of carboxylic acid groups (broad SMARTS) is 1. The molecule has 2 heterocycles. The number of carbonyl (C=O) groups is 1. The lowest BCUT2D eigenvalue weighted by Crippen LogP contribution is -2.51. The minimum atomic E-state index is -1.42. The van der Waals surface area contributed by atoms with Crippen LogP contribution in [0.2, 0.25) is 0 Å². The second kappa shape index (κ2) is 7.03. The first kappa shape index (κ1) is 18.3. The summed E-state index contributed by atoms with van der Waals surface area (Å²) in [6, 6.07) is 0.951. The van der Waals surface area contributed by atoms with Gasteiger partial charge in [-0.15, -0.1) is 0 Å². The van der Waals surface area contributed by atoms with Crippen molar-refractivity contribution in [2.45, 2.75) is 20.4 Å². The molecular weight excluding hydrogens is 344 g/mol. The van der Waals surface area contributed by atoms with Crippen LogP contribution in [0.4, 0.5) is 14.5 Å². The van der Waals surface area contributed by atoms with Gasteiger partial charge in [-0.1, -0.05) is 6.92 Å². The van der Waals surface area contributed by atoms with Crippen LogP contribution in [-0.2, 0) is 6.54 Å². The summed E-state index contributed by atoms with van der Waals surface area (Å²) >= 11 is 0. The number of carboxylic acids is 1. The molecule has 1 aromatic heterocycles. The van der Waals surface area contributed by atoms with Crippen LogP contribution in [0.25, 0.3) is 10.9 Å². The van der Waals surface area contributed by atoms with E-state index in [-0.39, 0.29) is 23.1 Å². The van der Waals surface area contributed by atoms with E-state index in [1.807, 2.05) is 6.92 Å². The van der Waals surface area contributed by atoms with Crippen molar-refractivity contribution >= 4 is 22.6 Å². The maximum absolute atomic E-state index is 15.1. The fraction of sp³-hybridized carbons (Fsp3) is 0.444. The summed E-state index contributed by atoms with van der Waals surface area (Å²) in [5, 5.41) is 12.1. The molecule has 2 aromatic rings. The number of halogens is 2. The summed E-state index contributed by atoms with van der Waals surface area (Å²) in [6.07, 6.45) is 1.11. The number of aromatic nitrogens is 1. The van der Waals surface area contributed by atoms with Gasteiger partial charge in [0.25, 0.3) is 0 Å². The number of anilines is 1. The number of rotatable bonds is 6. The molecule has 0 spiro atoms. The van der Waals surface area contributed by atoms with Crippen molar-refractivity contribution < 1.29 is 18.7 Å². The average molecular weight is 365 g/mol. The Hall–Kier alpha value is -2.48. The standard InChI is InChI=1S/C18H21F2N3O3/c1-3-21-6-10-7-23(8-10)16-13(19)5-11-15(14(16)20)22(4-2)9-12(17(11)24)18(25)26/h5,9-10,21H,3-4,6-8H2,1-2H3,(H,25,26). The van der Waals surface area contributed by atoms with Gasteiger partial charge in [-0.2, -0.15) is 0 Å². The topological polar surface area (TPSA) is 74.6 Å². The van der Waals surface area contributed by atoms with Crippen molar-refractivity contribution in [3.63, 3.8) is 0 Å². The number of nitrogens with zero attached hydrogens (tertiary/aromatic N) is 2. The van der Waals surface area contributed by atoms with Gasteiger partial charge in [0.2, 0.25) is 5.43 Å². The Morgan fingerprint density at radius 1 is 1.35 bits per heavy atom. The first-order chi connectivity index (χ1) is 12.4. The first-order valence-electron chi connectivity index (χ1n) is 8.63. The molecule has 140 valence electrons. The van der Waals surface area contributed by atoms with E-state index in [1.54, 1.807) is 11.8 Å². The van der Waals surface area contributed by atoms with E-state index >= 15 is 4.39 Å². The second-order valence-corrected chi connectivity index (χ2v) is 6.46. The quantitative estimate of drug-likeness (QED) is 0.820. The Bertz CT molecular complexity index is 920. The third kappa shape index (κ3) is 2.94. The molecule has 1 saturated heterocycles. The van der Waals surface area contributed by atoms with Crippen molar-refractivity contribution in [2.75, 3.05) is 31.1 Å². The first-order valence-corrected chi connectivity index (χ1v) is 8.63. The highest BCUT2D eigenvalue weighted by molar-refractivity contribution is 5.93. The lowest BCUT2D eigenvalue weighted by atomic mass is 9.98. The molecule has 0 aliphatic carbocycles. The number of pyridine rings is 1. The average Bonchev–Trinajstić information content (AvgIpc) is 2.56. The SMILES string of the molecule is CCNCC1CN(c2c(F)cc3c(=O)c(C(=O)O)cn(CC)c3c2F)C1. The van der Waals surface area contributed by atoms with Crippen molar-refractivity contribution in [1.29, 1.82) is 0 Å². The number of benzene rings is 1. The predicted molar refractivity (Wildman–Crippen MR) is 95.0 cm³/mol. The third-order valence-electron chi connectivity index (χ3n) is 4.76. The lowest BCUT2D eigenvalue weighted by molar-refractivity contribution is 0.0695. The van der Waals surface area contributed by atoms with Crippen LogP contribution >= 0.6 is 0 Å². The predicted octanol–water partition coefficient (Wildman–Crippen LogP) is 2.04. The highest BCUT2D eigenvalue weighted by Gasteiger charge is 2.32. The normalized spacial score (nSPS) is 14.7. The fourth-order valence-electron chi connectivity index (χ4n) is 3.40.